The largest absolute Gasteiger partial charge is 0.345 e. The minimum atomic E-state index is -0.942. The molecule has 0 aliphatic carbocycles. The van der Waals surface area contributed by atoms with Gasteiger partial charge in [-0.2, -0.15) is 0 Å². The predicted molar refractivity (Wildman–Crippen MR) is 85.6 cm³/mol. The lowest BCUT2D eigenvalue weighted by Gasteiger charge is -2.18. The second-order valence-electron chi connectivity index (χ2n) is 5.70. The smallest absolute Gasteiger partial charge is 0.251 e. The first-order valence-corrected chi connectivity index (χ1v) is 7.66. The molecule has 1 atom stereocenters. The van der Waals surface area contributed by atoms with Gasteiger partial charge < -0.3 is 10.6 Å². The summed E-state index contributed by atoms with van der Waals surface area (Å²) in [6.45, 7) is 1.84. The molecule has 0 radical (unpaired) electrons. The Morgan fingerprint density at radius 1 is 1.21 bits per heavy atom. The van der Waals surface area contributed by atoms with Gasteiger partial charge in [0.25, 0.3) is 5.91 Å². The van der Waals surface area contributed by atoms with Gasteiger partial charge in [-0.05, 0) is 47.9 Å². The van der Waals surface area contributed by atoms with Crippen LogP contribution in [0.5, 0.6) is 0 Å². The molecule has 1 unspecified atom stereocenters. The number of carbonyl (C=O) groups excluding carboxylic acids is 2. The molecule has 0 fully saturated rings. The second kappa shape index (κ2) is 6.39. The summed E-state index contributed by atoms with van der Waals surface area (Å²) in [7, 11) is 0. The average Bonchev–Trinajstić information content (AvgIpc) is 2.94. The maximum atomic E-state index is 13.4. The van der Waals surface area contributed by atoms with Gasteiger partial charge in [0, 0.05) is 11.3 Å². The summed E-state index contributed by atoms with van der Waals surface area (Å²) < 4.78 is 26.5. The van der Waals surface area contributed by atoms with Gasteiger partial charge in [0.05, 0.1) is 12.5 Å². The van der Waals surface area contributed by atoms with E-state index in [0.717, 1.165) is 17.7 Å². The Labute approximate surface area is 137 Å². The molecule has 1 aliphatic heterocycles. The van der Waals surface area contributed by atoms with Crippen molar-refractivity contribution < 1.29 is 18.4 Å². The summed E-state index contributed by atoms with van der Waals surface area (Å²) in [5.74, 6) is -2.29. The van der Waals surface area contributed by atoms with Gasteiger partial charge in [0.15, 0.2) is 11.6 Å². The molecular formula is C18H16F2N2O2. The Bertz CT molecular complexity index is 821. The molecule has 0 aromatic heterocycles. The van der Waals surface area contributed by atoms with Gasteiger partial charge in [-0.1, -0.05) is 13.0 Å². The second-order valence-corrected chi connectivity index (χ2v) is 5.70. The van der Waals surface area contributed by atoms with E-state index in [4.69, 9.17) is 0 Å². The molecule has 0 saturated carbocycles. The first-order chi connectivity index (χ1) is 11.5. The first-order valence-electron chi connectivity index (χ1n) is 7.66. The lowest BCUT2D eigenvalue weighted by atomic mass is 10.0. The minimum Gasteiger partial charge on any atom is -0.345 e. The van der Waals surface area contributed by atoms with E-state index in [9.17, 15) is 18.4 Å². The van der Waals surface area contributed by atoms with Crippen molar-refractivity contribution in [2.75, 3.05) is 5.32 Å². The molecule has 6 heteroatoms. The summed E-state index contributed by atoms with van der Waals surface area (Å²) in [5, 5.41) is 5.52. The van der Waals surface area contributed by atoms with E-state index < -0.39 is 17.7 Å². The number of halogens is 2. The first kappa shape index (κ1) is 16.1. The highest BCUT2D eigenvalue weighted by molar-refractivity contribution is 6.01. The van der Waals surface area contributed by atoms with E-state index in [1.165, 1.54) is 6.07 Å². The van der Waals surface area contributed by atoms with Crippen LogP contribution in [0.1, 0.15) is 40.9 Å². The number of carbonyl (C=O) groups is 2. The van der Waals surface area contributed by atoms with Crippen molar-refractivity contribution in [1.82, 2.24) is 5.32 Å². The highest BCUT2D eigenvalue weighted by atomic mass is 19.2. The number of rotatable bonds is 4. The Kier molecular flexibility index (Phi) is 4.29. The van der Waals surface area contributed by atoms with Crippen LogP contribution in [0.15, 0.2) is 36.4 Å². The third kappa shape index (κ3) is 3.13. The molecule has 0 saturated heterocycles. The zero-order valence-corrected chi connectivity index (χ0v) is 13.0. The maximum absolute atomic E-state index is 13.4. The lowest BCUT2D eigenvalue weighted by Crippen LogP contribution is -2.28. The molecule has 3 rings (SSSR count). The van der Waals surface area contributed by atoms with E-state index in [1.807, 2.05) is 6.92 Å². The van der Waals surface area contributed by atoms with Crippen LogP contribution >= 0.6 is 0 Å². The van der Waals surface area contributed by atoms with Crippen LogP contribution in [0.2, 0.25) is 0 Å². The van der Waals surface area contributed by atoms with Crippen LogP contribution in [0.3, 0.4) is 0 Å². The van der Waals surface area contributed by atoms with E-state index >= 15 is 0 Å². The molecule has 24 heavy (non-hydrogen) atoms. The molecular weight excluding hydrogens is 314 g/mol. The normalized spacial score (nSPS) is 14.0. The monoisotopic (exact) mass is 330 g/mol. The zero-order valence-electron chi connectivity index (χ0n) is 13.0. The molecule has 2 aromatic carbocycles. The van der Waals surface area contributed by atoms with Crippen LogP contribution in [-0.2, 0) is 11.2 Å². The van der Waals surface area contributed by atoms with Crippen molar-refractivity contribution in [3.8, 4) is 0 Å². The molecule has 2 amide bonds. The fourth-order valence-corrected chi connectivity index (χ4v) is 2.76. The minimum absolute atomic E-state index is 0.101. The summed E-state index contributed by atoms with van der Waals surface area (Å²) in [6.07, 6.45) is 0.776. The third-order valence-corrected chi connectivity index (χ3v) is 4.05. The molecule has 1 aliphatic rings. The van der Waals surface area contributed by atoms with Crippen LogP contribution < -0.4 is 10.6 Å². The van der Waals surface area contributed by atoms with Gasteiger partial charge in [0.1, 0.15) is 0 Å². The zero-order chi connectivity index (χ0) is 17.3. The highest BCUT2D eigenvalue weighted by Gasteiger charge is 2.21. The van der Waals surface area contributed by atoms with Gasteiger partial charge in [-0.3, -0.25) is 9.59 Å². The van der Waals surface area contributed by atoms with Crippen LogP contribution in [0, 0.1) is 11.6 Å². The number of benzene rings is 2. The fraction of sp³-hybridized carbons (Fsp3) is 0.222. The Balaban J connectivity index is 1.79. The lowest BCUT2D eigenvalue weighted by molar-refractivity contribution is -0.115. The maximum Gasteiger partial charge on any atom is 0.251 e. The van der Waals surface area contributed by atoms with Crippen molar-refractivity contribution in [2.45, 2.75) is 25.8 Å². The van der Waals surface area contributed by atoms with Crippen molar-refractivity contribution in [1.29, 1.82) is 0 Å². The number of nitrogens with one attached hydrogen (secondary N) is 2. The number of hydrogen-bond donors (Lipinski definition) is 2. The third-order valence-electron chi connectivity index (χ3n) is 4.05. The van der Waals surface area contributed by atoms with Crippen LogP contribution in [0.25, 0.3) is 0 Å². The highest BCUT2D eigenvalue weighted by Crippen LogP contribution is 2.25. The molecule has 2 N–H and O–H groups in total. The van der Waals surface area contributed by atoms with Gasteiger partial charge in [0.2, 0.25) is 5.91 Å². The van der Waals surface area contributed by atoms with Crippen molar-refractivity contribution in [3.63, 3.8) is 0 Å². The summed E-state index contributed by atoms with van der Waals surface area (Å²) >= 11 is 0. The Hall–Kier alpha value is -2.76. The molecule has 124 valence electrons. The van der Waals surface area contributed by atoms with Gasteiger partial charge in [-0.25, -0.2) is 8.78 Å². The number of anilines is 1. The average molecular weight is 330 g/mol. The molecule has 0 spiro atoms. The van der Waals surface area contributed by atoms with Crippen molar-refractivity contribution in [2.24, 2.45) is 0 Å². The molecule has 1 heterocycles. The number of fused-ring (bicyclic) bond motifs is 1. The summed E-state index contributed by atoms with van der Waals surface area (Å²) in [6, 6.07) is 8.14. The topological polar surface area (TPSA) is 58.2 Å². The molecule has 0 bridgehead atoms. The van der Waals surface area contributed by atoms with E-state index in [-0.39, 0.29) is 18.2 Å². The fourth-order valence-electron chi connectivity index (χ4n) is 2.76. The standard InChI is InChI=1S/C18H16F2N2O2/c1-2-15(10-3-5-13(19)14(20)8-10)22-18(24)11-4-6-16-12(7-11)9-17(23)21-16/h3-8,15H,2,9H2,1H3,(H,21,23)(H,22,24). The molecule has 4 nitrogen and oxygen atoms in total. The quantitative estimate of drug-likeness (QED) is 0.903. The number of amides is 2. The van der Waals surface area contributed by atoms with E-state index in [1.54, 1.807) is 18.2 Å². The van der Waals surface area contributed by atoms with Crippen LogP contribution in [0.4, 0.5) is 14.5 Å². The van der Waals surface area contributed by atoms with Gasteiger partial charge in [-0.15, -0.1) is 0 Å². The summed E-state index contributed by atoms with van der Waals surface area (Å²) in [4.78, 5) is 23.8. The number of hydrogen-bond acceptors (Lipinski definition) is 2. The summed E-state index contributed by atoms with van der Waals surface area (Å²) in [5.41, 5.74) is 2.41. The Morgan fingerprint density at radius 3 is 2.71 bits per heavy atom. The SMILES string of the molecule is CCC(NC(=O)c1ccc2c(c1)CC(=O)N2)c1ccc(F)c(F)c1. The van der Waals surface area contributed by atoms with E-state index in [0.29, 0.717) is 23.2 Å². The van der Waals surface area contributed by atoms with E-state index in [2.05, 4.69) is 10.6 Å². The van der Waals surface area contributed by atoms with Crippen LogP contribution in [-0.4, -0.2) is 11.8 Å². The molecule has 2 aromatic rings. The van der Waals surface area contributed by atoms with Crippen molar-refractivity contribution >= 4 is 17.5 Å². The Morgan fingerprint density at radius 2 is 2.00 bits per heavy atom. The van der Waals surface area contributed by atoms with Gasteiger partial charge >= 0.3 is 0 Å². The predicted octanol–water partition coefficient (Wildman–Crippen LogP) is 3.34. The van der Waals surface area contributed by atoms with Crippen molar-refractivity contribution in [3.05, 3.63) is 64.7 Å².